The zero-order valence-corrected chi connectivity index (χ0v) is 10.6. The molecule has 0 spiro atoms. The molecule has 0 radical (unpaired) electrons. The zero-order valence-electron chi connectivity index (χ0n) is 9.01. The molecule has 0 N–H and O–H groups in total. The van der Waals surface area contributed by atoms with E-state index in [1.807, 2.05) is 0 Å². The number of benzene rings is 2. The number of hydrogen-bond donors (Lipinski definition) is 0. The van der Waals surface area contributed by atoms with Crippen LogP contribution in [0.5, 0.6) is 0 Å². The van der Waals surface area contributed by atoms with Crippen molar-refractivity contribution in [2.75, 3.05) is 0 Å². The molecule has 17 heavy (non-hydrogen) atoms. The van der Waals surface area contributed by atoms with Crippen molar-refractivity contribution in [3.8, 4) is 0 Å². The summed E-state index contributed by atoms with van der Waals surface area (Å²) in [6.07, 6.45) is 0. The summed E-state index contributed by atoms with van der Waals surface area (Å²) in [5.74, 6) is -0.0302. The summed E-state index contributed by atoms with van der Waals surface area (Å²) >= 11 is 5.82. The van der Waals surface area contributed by atoms with Crippen molar-refractivity contribution in [2.45, 2.75) is 10.6 Å². The minimum Gasteiger partial charge on any atom is -0.223 e. The van der Waals surface area contributed by atoms with Gasteiger partial charge in [0.2, 0.25) is 0 Å². The molecule has 0 aliphatic heterocycles. The Morgan fingerprint density at radius 2 is 1.65 bits per heavy atom. The highest BCUT2D eigenvalue weighted by Gasteiger charge is 2.14. The van der Waals surface area contributed by atoms with E-state index in [1.54, 1.807) is 54.6 Å². The first-order valence-electron chi connectivity index (χ1n) is 5.10. The lowest BCUT2D eigenvalue weighted by atomic mass is 10.2. The zero-order chi connectivity index (χ0) is 12.3. The fraction of sp³-hybridized carbons (Fsp3) is 0.0769. The fourth-order valence-corrected chi connectivity index (χ4v) is 3.13. The van der Waals surface area contributed by atoms with Crippen molar-refractivity contribution < 1.29 is 8.42 Å². The Morgan fingerprint density at radius 3 is 2.29 bits per heavy atom. The molecule has 2 aromatic carbocycles. The van der Waals surface area contributed by atoms with Gasteiger partial charge >= 0.3 is 0 Å². The van der Waals surface area contributed by atoms with Gasteiger partial charge in [-0.2, -0.15) is 0 Å². The topological polar surface area (TPSA) is 34.1 Å². The lowest BCUT2D eigenvalue weighted by Crippen LogP contribution is -2.04. The van der Waals surface area contributed by atoms with Gasteiger partial charge in [0.1, 0.15) is 0 Å². The molecule has 2 rings (SSSR count). The molecular weight excluding hydrogens is 256 g/mol. The van der Waals surface area contributed by atoms with E-state index in [2.05, 4.69) is 0 Å². The molecule has 0 amide bonds. The number of rotatable bonds is 3. The van der Waals surface area contributed by atoms with E-state index >= 15 is 0 Å². The highest BCUT2D eigenvalue weighted by atomic mass is 35.5. The van der Waals surface area contributed by atoms with E-state index in [0.717, 1.165) is 0 Å². The molecule has 88 valence electrons. The van der Waals surface area contributed by atoms with E-state index in [0.29, 0.717) is 15.5 Å². The van der Waals surface area contributed by atoms with Gasteiger partial charge in [0.05, 0.1) is 10.6 Å². The van der Waals surface area contributed by atoms with Crippen molar-refractivity contribution >= 4 is 21.4 Å². The van der Waals surface area contributed by atoms with E-state index < -0.39 is 9.84 Å². The average Bonchev–Trinajstić information content (AvgIpc) is 2.29. The van der Waals surface area contributed by atoms with Gasteiger partial charge in [-0.3, -0.25) is 0 Å². The monoisotopic (exact) mass is 266 g/mol. The van der Waals surface area contributed by atoms with Gasteiger partial charge in [0.15, 0.2) is 9.84 Å². The maximum absolute atomic E-state index is 12.1. The standard InChI is InChI=1S/C13H11ClO2S/c14-12-6-4-5-11(9-12)10-17(15,16)13-7-2-1-3-8-13/h1-9H,10H2. The van der Waals surface area contributed by atoms with Crippen LogP contribution in [-0.2, 0) is 15.6 Å². The van der Waals surface area contributed by atoms with Gasteiger partial charge in [-0.05, 0) is 29.8 Å². The Balaban J connectivity index is 2.30. The molecule has 0 unspecified atom stereocenters. The highest BCUT2D eigenvalue weighted by Crippen LogP contribution is 2.18. The Bertz CT molecular complexity index is 606. The van der Waals surface area contributed by atoms with Crippen molar-refractivity contribution in [3.63, 3.8) is 0 Å². The first-order valence-corrected chi connectivity index (χ1v) is 7.13. The Hall–Kier alpha value is -1.32. The van der Waals surface area contributed by atoms with Gasteiger partial charge in [0.25, 0.3) is 0 Å². The lowest BCUT2D eigenvalue weighted by Gasteiger charge is -2.04. The Labute approximate surface area is 106 Å². The summed E-state index contributed by atoms with van der Waals surface area (Å²) in [5.41, 5.74) is 0.696. The molecule has 0 aliphatic carbocycles. The minimum atomic E-state index is -3.29. The summed E-state index contributed by atoms with van der Waals surface area (Å²) in [7, 11) is -3.29. The van der Waals surface area contributed by atoms with Crippen molar-refractivity contribution in [3.05, 3.63) is 65.2 Å². The highest BCUT2D eigenvalue weighted by molar-refractivity contribution is 7.90. The molecule has 4 heteroatoms. The first kappa shape index (κ1) is 12.1. The number of sulfone groups is 1. The number of halogens is 1. The van der Waals surface area contributed by atoms with E-state index in [1.165, 1.54) is 0 Å². The van der Waals surface area contributed by atoms with Gasteiger partial charge in [-0.25, -0.2) is 8.42 Å². The molecule has 0 saturated heterocycles. The Kier molecular flexibility index (Phi) is 3.50. The van der Waals surface area contributed by atoms with Crippen LogP contribution in [0.25, 0.3) is 0 Å². The van der Waals surface area contributed by atoms with E-state index in [4.69, 9.17) is 11.6 Å². The van der Waals surface area contributed by atoms with Crippen LogP contribution in [0.2, 0.25) is 5.02 Å². The van der Waals surface area contributed by atoms with Crippen LogP contribution >= 0.6 is 11.6 Å². The van der Waals surface area contributed by atoms with Crippen molar-refractivity contribution in [2.24, 2.45) is 0 Å². The second kappa shape index (κ2) is 4.90. The van der Waals surface area contributed by atoms with Crippen LogP contribution in [-0.4, -0.2) is 8.42 Å². The van der Waals surface area contributed by atoms with Crippen molar-refractivity contribution in [1.29, 1.82) is 0 Å². The quantitative estimate of drug-likeness (QED) is 0.854. The summed E-state index contributed by atoms with van der Waals surface area (Å²) in [6, 6.07) is 15.3. The predicted molar refractivity (Wildman–Crippen MR) is 68.8 cm³/mol. The normalized spacial score (nSPS) is 11.4. The smallest absolute Gasteiger partial charge is 0.182 e. The first-order chi connectivity index (χ1) is 8.08. The van der Waals surface area contributed by atoms with Crippen LogP contribution in [0.4, 0.5) is 0 Å². The maximum atomic E-state index is 12.1. The van der Waals surface area contributed by atoms with Crippen LogP contribution in [0.1, 0.15) is 5.56 Å². The number of hydrogen-bond acceptors (Lipinski definition) is 2. The predicted octanol–water partition coefficient (Wildman–Crippen LogP) is 3.31. The molecule has 0 heterocycles. The van der Waals surface area contributed by atoms with E-state index in [-0.39, 0.29) is 5.75 Å². The molecule has 0 saturated carbocycles. The summed E-state index contributed by atoms with van der Waals surface area (Å²) in [6.45, 7) is 0. The lowest BCUT2D eigenvalue weighted by molar-refractivity contribution is 0.595. The fourth-order valence-electron chi connectivity index (χ4n) is 1.56. The molecule has 2 aromatic rings. The van der Waals surface area contributed by atoms with Gasteiger partial charge in [-0.15, -0.1) is 0 Å². The van der Waals surface area contributed by atoms with Gasteiger partial charge < -0.3 is 0 Å². The third-order valence-electron chi connectivity index (χ3n) is 2.35. The molecule has 0 aromatic heterocycles. The summed E-state index contributed by atoms with van der Waals surface area (Å²) < 4.78 is 24.1. The van der Waals surface area contributed by atoms with Crippen molar-refractivity contribution in [1.82, 2.24) is 0 Å². The summed E-state index contributed by atoms with van der Waals surface area (Å²) in [4.78, 5) is 0.333. The molecule has 0 aliphatic rings. The molecule has 2 nitrogen and oxygen atoms in total. The summed E-state index contributed by atoms with van der Waals surface area (Å²) in [5, 5.41) is 0.547. The average molecular weight is 267 g/mol. The molecular formula is C13H11ClO2S. The third kappa shape index (κ3) is 3.08. The second-order valence-electron chi connectivity index (χ2n) is 3.70. The van der Waals surface area contributed by atoms with E-state index in [9.17, 15) is 8.42 Å². The molecule has 0 atom stereocenters. The van der Waals surface area contributed by atoms with Gasteiger partial charge in [-0.1, -0.05) is 41.9 Å². The third-order valence-corrected chi connectivity index (χ3v) is 4.29. The maximum Gasteiger partial charge on any atom is 0.182 e. The molecule has 0 fully saturated rings. The van der Waals surface area contributed by atoms with Crippen LogP contribution in [0.15, 0.2) is 59.5 Å². The van der Waals surface area contributed by atoms with Crippen LogP contribution in [0, 0.1) is 0 Å². The largest absolute Gasteiger partial charge is 0.223 e. The van der Waals surface area contributed by atoms with Crippen LogP contribution < -0.4 is 0 Å². The second-order valence-corrected chi connectivity index (χ2v) is 6.13. The van der Waals surface area contributed by atoms with Crippen LogP contribution in [0.3, 0.4) is 0 Å². The van der Waals surface area contributed by atoms with Gasteiger partial charge in [0, 0.05) is 5.02 Å². The SMILES string of the molecule is O=S(=O)(Cc1cccc(Cl)c1)c1ccccc1. The Morgan fingerprint density at radius 1 is 0.941 bits per heavy atom. The minimum absolute atomic E-state index is 0.0302. The molecule has 0 bridgehead atoms.